The van der Waals surface area contributed by atoms with Crippen LogP contribution in [0.25, 0.3) is 11.5 Å². The van der Waals surface area contributed by atoms with Crippen LogP contribution in [0.5, 0.6) is 0 Å². The Morgan fingerprint density at radius 1 is 1.40 bits per heavy atom. The lowest BCUT2D eigenvalue weighted by Gasteiger charge is -2.17. The number of amides is 1. The number of ether oxygens (including phenoxy) is 1. The number of hydrogen-bond acceptors (Lipinski definition) is 5. The molecular formula is C19H25N3O3. The van der Waals surface area contributed by atoms with Crippen LogP contribution in [-0.4, -0.2) is 55.2 Å². The maximum Gasteiger partial charge on any atom is 0.237 e. The minimum Gasteiger partial charge on any atom is -0.444 e. The highest BCUT2D eigenvalue weighted by atomic mass is 16.5. The first-order valence-electron chi connectivity index (χ1n) is 8.59. The smallest absolute Gasteiger partial charge is 0.237 e. The van der Waals surface area contributed by atoms with Crippen LogP contribution in [0.15, 0.2) is 34.9 Å². The van der Waals surface area contributed by atoms with Gasteiger partial charge in [-0.3, -0.25) is 9.69 Å². The molecular weight excluding hydrogens is 318 g/mol. The summed E-state index contributed by atoms with van der Waals surface area (Å²) >= 11 is 0. The van der Waals surface area contributed by atoms with E-state index in [9.17, 15) is 4.79 Å². The summed E-state index contributed by atoms with van der Waals surface area (Å²) in [6.45, 7) is 3.38. The molecule has 0 radical (unpaired) electrons. The van der Waals surface area contributed by atoms with E-state index in [2.05, 4.69) is 10.3 Å². The zero-order valence-corrected chi connectivity index (χ0v) is 15.0. The van der Waals surface area contributed by atoms with Gasteiger partial charge in [0.05, 0.1) is 17.8 Å². The Kier molecular flexibility index (Phi) is 5.50. The Labute approximate surface area is 148 Å². The largest absolute Gasteiger partial charge is 0.444 e. The lowest BCUT2D eigenvalue weighted by Crippen LogP contribution is -2.42. The monoisotopic (exact) mass is 343 g/mol. The van der Waals surface area contributed by atoms with E-state index in [-0.39, 0.29) is 18.1 Å². The van der Waals surface area contributed by atoms with E-state index in [1.807, 2.05) is 43.1 Å². The van der Waals surface area contributed by atoms with Crippen molar-refractivity contribution >= 4 is 5.91 Å². The molecule has 3 rings (SSSR count). The molecule has 2 aromatic rings. The first kappa shape index (κ1) is 17.6. The van der Waals surface area contributed by atoms with Gasteiger partial charge in [0, 0.05) is 32.2 Å². The molecule has 2 atom stereocenters. The number of carbonyl (C=O) groups excluding carboxylic acids is 1. The fourth-order valence-corrected chi connectivity index (χ4v) is 3.11. The van der Waals surface area contributed by atoms with Crippen LogP contribution in [0.4, 0.5) is 0 Å². The average Bonchev–Trinajstić information content (AvgIpc) is 3.22. The van der Waals surface area contributed by atoms with Crippen molar-refractivity contribution in [3.63, 3.8) is 0 Å². The van der Waals surface area contributed by atoms with E-state index in [0.717, 1.165) is 24.2 Å². The number of nitrogens with one attached hydrogen (secondary N) is 1. The molecule has 0 saturated carbocycles. The topological polar surface area (TPSA) is 67.6 Å². The van der Waals surface area contributed by atoms with E-state index in [1.165, 1.54) is 5.56 Å². The van der Waals surface area contributed by atoms with E-state index < -0.39 is 0 Å². The predicted molar refractivity (Wildman–Crippen MR) is 95.2 cm³/mol. The highest BCUT2D eigenvalue weighted by Gasteiger charge is 2.34. The number of likely N-dealkylation sites (N-methyl/N-ethyl adjacent to an activating group) is 1. The molecule has 1 aromatic heterocycles. The molecule has 1 amide bonds. The van der Waals surface area contributed by atoms with Crippen LogP contribution < -0.4 is 5.32 Å². The Balaban J connectivity index is 1.49. The summed E-state index contributed by atoms with van der Waals surface area (Å²) in [5, 5.41) is 2.99. The van der Waals surface area contributed by atoms with Gasteiger partial charge in [-0.15, -0.1) is 0 Å². The van der Waals surface area contributed by atoms with E-state index in [0.29, 0.717) is 18.9 Å². The lowest BCUT2D eigenvalue weighted by atomic mass is 10.1. The Morgan fingerprint density at radius 3 is 2.84 bits per heavy atom. The second-order valence-corrected chi connectivity index (χ2v) is 6.60. The van der Waals surface area contributed by atoms with Crippen molar-refractivity contribution in [1.29, 1.82) is 0 Å². The Hall–Kier alpha value is -2.18. The lowest BCUT2D eigenvalue weighted by molar-refractivity contribution is -0.125. The van der Waals surface area contributed by atoms with Crippen molar-refractivity contribution < 1.29 is 13.9 Å². The molecule has 1 aliphatic heterocycles. The summed E-state index contributed by atoms with van der Waals surface area (Å²) in [5.41, 5.74) is 3.00. The van der Waals surface area contributed by atoms with Crippen LogP contribution in [-0.2, 0) is 16.0 Å². The van der Waals surface area contributed by atoms with E-state index in [4.69, 9.17) is 9.15 Å². The number of likely N-dealkylation sites (tertiary alicyclic amines) is 1. The molecule has 0 unspecified atom stereocenters. The van der Waals surface area contributed by atoms with Crippen LogP contribution in [0.3, 0.4) is 0 Å². The number of aromatic nitrogens is 1. The number of aryl methyl sites for hydroxylation is 1. The number of benzene rings is 1. The molecule has 1 aromatic carbocycles. The van der Waals surface area contributed by atoms with Gasteiger partial charge in [0.1, 0.15) is 6.26 Å². The van der Waals surface area contributed by atoms with Crippen molar-refractivity contribution in [2.45, 2.75) is 31.9 Å². The summed E-state index contributed by atoms with van der Waals surface area (Å²) in [7, 11) is 3.64. The van der Waals surface area contributed by atoms with Gasteiger partial charge in [-0.2, -0.15) is 0 Å². The third-order valence-electron chi connectivity index (χ3n) is 4.68. The van der Waals surface area contributed by atoms with Gasteiger partial charge in [0.25, 0.3) is 0 Å². The summed E-state index contributed by atoms with van der Waals surface area (Å²) in [6.07, 6.45) is 3.17. The summed E-state index contributed by atoms with van der Waals surface area (Å²) in [4.78, 5) is 18.8. The SMILES string of the molecule is CO[C@H]1C[C@@H](C(=O)NCCc2coc(-c3ccc(C)cc3)n2)N(C)C1. The highest BCUT2D eigenvalue weighted by Crippen LogP contribution is 2.20. The van der Waals surface area contributed by atoms with Gasteiger partial charge in [0.15, 0.2) is 0 Å². The molecule has 1 aliphatic rings. The molecule has 1 N–H and O–H groups in total. The number of methoxy groups -OCH3 is 1. The zero-order chi connectivity index (χ0) is 17.8. The zero-order valence-electron chi connectivity index (χ0n) is 15.0. The fraction of sp³-hybridized carbons (Fsp3) is 0.474. The van der Waals surface area contributed by atoms with Gasteiger partial charge in [0.2, 0.25) is 11.8 Å². The average molecular weight is 343 g/mol. The third kappa shape index (κ3) is 4.27. The van der Waals surface area contributed by atoms with Gasteiger partial charge in [-0.1, -0.05) is 17.7 Å². The van der Waals surface area contributed by atoms with Gasteiger partial charge in [-0.25, -0.2) is 4.98 Å². The third-order valence-corrected chi connectivity index (χ3v) is 4.68. The number of rotatable bonds is 6. The molecule has 0 bridgehead atoms. The normalized spacial score (nSPS) is 20.8. The van der Waals surface area contributed by atoms with Crippen molar-refractivity contribution in [1.82, 2.24) is 15.2 Å². The number of carbonyl (C=O) groups is 1. The van der Waals surface area contributed by atoms with Gasteiger partial charge >= 0.3 is 0 Å². The molecule has 6 heteroatoms. The van der Waals surface area contributed by atoms with Crippen molar-refractivity contribution in [3.05, 3.63) is 41.8 Å². The molecule has 1 fully saturated rings. The molecule has 6 nitrogen and oxygen atoms in total. The van der Waals surface area contributed by atoms with Crippen molar-refractivity contribution in [2.24, 2.45) is 0 Å². The first-order chi connectivity index (χ1) is 12.1. The number of oxazole rings is 1. The molecule has 25 heavy (non-hydrogen) atoms. The summed E-state index contributed by atoms with van der Waals surface area (Å²) in [6, 6.07) is 7.93. The first-order valence-corrected chi connectivity index (χ1v) is 8.59. The van der Waals surface area contributed by atoms with Crippen molar-refractivity contribution in [3.8, 4) is 11.5 Å². The standard InChI is InChI=1S/C19H25N3O3/c1-13-4-6-14(7-5-13)19-21-15(12-25-19)8-9-20-18(23)17-10-16(24-3)11-22(17)2/h4-7,12,16-17H,8-11H2,1-3H3,(H,20,23)/t16-,17-/m0/s1. The van der Waals surface area contributed by atoms with Gasteiger partial charge in [-0.05, 0) is 32.5 Å². The van der Waals surface area contributed by atoms with E-state index in [1.54, 1.807) is 13.4 Å². The Bertz CT molecular complexity index is 711. The summed E-state index contributed by atoms with van der Waals surface area (Å²) in [5.74, 6) is 0.657. The van der Waals surface area contributed by atoms with Crippen molar-refractivity contribution in [2.75, 3.05) is 27.2 Å². The fourth-order valence-electron chi connectivity index (χ4n) is 3.11. The molecule has 0 spiro atoms. The van der Waals surface area contributed by atoms with Crippen LogP contribution in [0.1, 0.15) is 17.7 Å². The van der Waals surface area contributed by atoms with Crippen LogP contribution >= 0.6 is 0 Å². The molecule has 1 saturated heterocycles. The Morgan fingerprint density at radius 2 is 2.16 bits per heavy atom. The molecule has 2 heterocycles. The number of nitrogens with zero attached hydrogens (tertiary/aromatic N) is 2. The summed E-state index contributed by atoms with van der Waals surface area (Å²) < 4.78 is 10.9. The minimum absolute atomic E-state index is 0.0457. The second-order valence-electron chi connectivity index (χ2n) is 6.60. The minimum atomic E-state index is -0.120. The maximum atomic E-state index is 12.3. The van der Waals surface area contributed by atoms with Crippen LogP contribution in [0.2, 0.25) is 0 Å². The quantitative estimate of drug-likeness (QED) is 0.869. The molecule has 0 aliphatic carbocycles. The molecule has 134 valence electrons. The predicted octanol–water partition coefficient (Wildman–Crippen LogP) is 2.03. The van der Waals surface area contributed by atoms with Crippen LogP contribution in [0, 0.1) is 6.92 Å². The highest BCUT2D eigenvalue weighted by molar-refractivity contribution is 5.82. The maximum absolute atomic E-state index is 12.3. The number of hydrogen-bond donors (Lipinski definition) is 1. The van der Waals surface area contributed by atoms with E-state index >= 15 is 0 Å². The second kappa shape index (κ2) is 7.80. The van der Waals surface area contributed by atoms with Gasteiger partial charge < -0.3 is 14.5 Å².